The van der Waals surface area contributed by atoms with Crippen LogP contribution in [0, 0.1) is 0 Å². The van der Waals surface area contributed by atoms with E-state index in [4.69, 9.17) is 19.8 Å². The van der Waals surface area contributed by atoms with Crippen LogP contribution in [0.4, 0.5) is 52.7 Å². The van der Waals surface area contributed by atoms with E-state index in [1.807, 2.05) is 0 Å². The molecule has 19 heteroatoms. The number of nitrogens with one attached hydrogen (secondary N) is 1. The molecule has 0 aliphatic carbocycles. The fourth-order valence-corrected chi connectivity index (χ4v) is 2.91. The van der Waals surface area contributed by atoms with Gasteiger partial charge in [-0.1, -0.05) is 0 Å². The van der Waals surface area contributed by atoms with Crippen molar-refractivity contribution in [1.82, 2.24) is 15.3 Å². The minimum absolute atomic E-state index is 0.0316. The zero-order valence-corrected chi connectivity index (χ0v) is 19.4. The number of alkyl halides is 12. The Hall–Kier alpha value is -3.64. The fraction of sp³-hybridized carbons (Fsp3) is 0.429. The lowest BCUT2D eigenvalue weighted by molar-refractivity contribution is -0.193. The third-order valence-electron chi connectivity index (χ3n) is 4.75. The third kappa shape index (κ3) is 11.2. The maximum atomic E-state index is 13.0. The van der Waals surface area contributed by atoms with Crippen molar-refractivity contribution in [3.8, 4) is 11.3 Å². The van der Waals surface area contributed by atoms with Crippen molar-refractivity contribution >= 4 is 11.9 Å². The Labute approximate surface area is 215 Å². The van der Waals surface area contributed by atoms with Gasteiger partial charge in [0.15, 0.2) is 0 Å². The van der Waals surface area contributed by atoms with Crippen LogP contribution < -0.4 is 5.32 Å². The van der Waals surface area contributed by atoms with E-state index in [2.05, 4.69) is 15.3 Å². The van der Waals surface area contributed by atoms with Crippen LogP contribution >= 0.6 is 0 Å². The molecule has 1 saturated heterocycles. The van der Waals surface area contributed by atoms with E-state index in [1.54, 1.807) is 0 Å². The molecule has 1 fully saturated rings. The number of carbonyl (C=O) groups is 2. The molecule has 0 radical (unpaired) electrons. The zero-order chi connectivity index (χ0) is 31.1. The Kier molecular flexibility index (Phi) is 11.3. The van der Waals surface area contributed by atoms with Gasteiger partial charge in [0.1, 0.15) is 5.82 Å². The van der Waals surface area contributed by atoms with Crippen LogP contribution in [0.3, 0.4) is 0 Å². The van der Waals surface area contributed by atoms with Crippen molar-refractivity contribution in [3.05, 3.63) is 47.4 Å². The second-order valence-electron chi connectivity index (χ2n) is 7.72. The second kappa shape index (κ2) is 13.1. The van der Waals surface area contributed by atoms with Gasteiger partial charge in [-0.3, -0.25) is 0 Å². The molecule has 0 amide bonds. The SMILES string of the molecule is FC(F)(F)c1cc(-c2ccnc(C3CCNCC3)n2)cc(C(F)(F)F)c1.O=C(O)C(F)(F)F.O=C(O)C(F)(F)F. The highest BCUT2D eigenvalue weighted by atomic mass is 19.4. The van der Waals surface area contributed by atoms with E-state index in [0.717, 1.165) is 25.9 Å². The number of benzene rings is 1. The van der Waals surface area contributed by atoms with Gasteiger partial charge in [-0.05, 0) is 50.2 Å². The van der Waals surface area contributed by atoms with Crippen LogP contribution in [0.1, 0.15) is 35.7 Å². The highest BCUT2D eigenvalue weighted by Gasteiger charge is 2.39. The minimum atomic E-state index is -5.08. The molecule has 1 aromatic heterocycles. The molecule has 0 spiro atoms. The standard InChI is InChI=1S/C17H15F6N3.2C2HF3O2/c18-16(19,20)12-7-11(8-13(9-12)17(21,22)23)14-3-6-25-15(26-14)10-1-4-24-5-2-10;2*3-2(4,5)1(6)7/h3,6-10,24H,1-2,4-5H2;2*(H,6,7). The average Bonchev–Trinajstić information content (AvgIpc) is 2.83. The molecule has 2 aromatic rings. The van der Waals surface area contributed by atoms with Crippen LogP contribution in [-0.4, -0.2) is 57.6 Å². The smallest absolute Gasteiger partial charge is 0.475 e. The van der Waals surface area contributed by atoms with Gasteiger partial charge >= 0.3 is 36.6 Å². The highest BCUT2D eigenvalue weighted by molar-refractivity contribution is 5.73. The van der Waals surface area contributed by atoms with Gasteiger partial charge in [0.25, 0.3) is 0 Å². The van der Waals surface area contributed by atoms with E-state index in [9.17, 15) is 52.7 Å². The number of nitrogens with zero attached hydrogens (tertiary/aromatic N) is 2. The summed E-state index contributed by atoms with van der Waals surface area (Å²) in [5.41, 5.74) is -2.90. The number of hydrogen-bond acceptors (Lipinski definition) is 5. The van der Waals surface area contributed by atoms with Gasteiger partial charge in [-0.25, -0.2) is 19.6 Å². The van der Waals surface area contributed by atoms with Crippen LogP contribution in [-0.2, 0) is 21.9 Å². The molecular weight excluding hydrogens is 586 g/mol. The van der Waals surface area contributed by atoms with Crippen LogP contribution in [0.5, 0.6) is 0 Å². The Balaban J connectivity index is 0.000000473. The predicted octanol–water partition coefficient (Wildman–Crippen LogP) is 5.91. The zero-order valence-electron chi connectivity index (χ0n) is 19.4. The van der Waals surface area contributed by atoms with E-state index >= 15 is 0 Å². The molecule has 3 N–H and O–H groups in total. The Morgan fingerprint density at radius 3 is 1.50 bits per heavy atom. The Bertz CT molecular complexity index is 1100. The van der Waals surface area contributed by atoms with E-state index in [1.165, 1.54) is 12.3 Å². The first-order chi connectivity index (χ1) is 18.0. The highest BCUT2D eigenvalue weighted by Crippen LogP contribution is 2.38. The summed E-state index contributed by atoms with van der Waals surface area (Å²) in [5.74, 6) is -5.04. The molecule has 0 bridgehead atoms. The van der Waals surface area contributed by atoms with Gasteiger partial charge < -0.3 is 15.5 Å². The second-order valence-corrected chi connectivity index (χ2v) is 7.72. The maximum Gasteiger partial charge on any atom is 0.490 e. The van der Waals surface area contributed by atoms with Crippen molar-refractivity contribution < 1.29 is 72.5 Å². The lowest BCUT2D eigenvalue weighted by Crippen LogP contribution is -2.27. The average molecular weight is 603 g/mol. The fourth-order valence-electron chi connectivity index (χ4n) is 2.91. The van der Waals surface area contributed by atoms with Crippen molar-refractivity contribution in [2.75, 3.05) is 13.1 Å². The van der Waals surface area contributed by atoms with Gasteiger partial charge in [-0.2, -0.15) is 52.7 Å². The monoisotopic (exact) mass is 603 g/mol. The first-order valence-electron chi connectivity index (χ1n) is 10.5. The van der Waals surface area contributed by atoms with Crippen molar-refractivity contribution in [2.24, 2.45) is 0 Å². The van der Waals surface area contributed by atoms with E-state index < -0.39 is 47.8 Å². The van der Waals surface area contributed by atoms with Gasteiger partial charge in [0.2, 0.25) is 0 Å². The summed E-state index contributed by atoms with van der Waals surface area (Å²) in [4.78, 5) is 26.2. The molecule has 3 rings (SSSR count). The summed E-state index contributed by atoms with van der Waals surface area (Å²) in [5, 5.41) is 17.4. The number of hydrogen-bond donors (Lipinski definition) is 3. The predicted molar refractivity (Wildman–Crippen MR) is 110 cm³/mol. The molecule has 0 unspecified atom stereocenters. The topological polar surface area (TPSA) is 112 Å². The van der Waals surface area contributed by atoms with Crippen LogP contribution in [0.2, 0.25) is 0 Å². The number of carboxylic acids is 2. The largest absolute Gasteiger partial charge is 0.490 e. The molecule has 1 aliphatic heterocycles. The lowest BCUT2D eigenvalue weighted by Gasteiger charge is -2.21. The quantitative estimate of drug-likeness (QED) is 0.366. The summed E-state index contributed by atoms with van der Waals surface area (Å²) < 4.78 is 142. The normalized spacial score (nSPS) is 14.8. The summed E-state index contributed by atoms with van der Waals surface area (Å²) in [6.07, 6.45) is -17.0. The first kappa shape index (κ1) is 34.4. The number of aliphatic carboxylic acids is 2. The number of aromatic nitrogens is 2. The van der Waals surface area contributed by atoms with Gasteiger partial charge in [0.05, 0.1) is 16.8 Å². The molecular formula is C21H17F12N3O4. The molecule has 224 valence electrons. The van der Waals surface area contributed by atoms with Gasteiger partial charge in [-0.15, -0.1) is 0 Å². The summed E-state index contributed by atoms with van der Waals surface area (Å²) in [7, 11) is 0. The number of piperidine rings is 1. The summed E-state index contributed by atoms with van der Waals surface area (Å²) in [6, 6.07) is 2.80. The summed E-state index contributed by atoms with van der Waals surface area (Å²) in [6.45, 7) is 1.53. The van der Waals surface area contributed by atoms with Crippen molar-refractivity contribution in [3.63, 3.8) is 0 Å². The van der Waals surface area contributed by atoms with E-state index in [0.29, 0.717) is 18.0 Å². The van der Waals surface area contributed by atoms with Crippen LogP contribution in [0.15, 0.2) is 30.5 Å². The van der Waals surface area contributed by atoms with Crippen molar-refractivity contribution in [1.29, 1.82) is 0 Å². The molecule has 1 aliphatic rings. The summed E-state index contributed by atoms with van der Waals surface area (Å²) >= 11 is 0. The number of rotatable bonds is 2. The molecule has 2 heterocycles. The van der Waals surface area contributed by atoms with E-state index in [-0.39, 0.29) is 23.2 Å². The number of halogens is 12. The van der Waals surface area contributed by atoms with Crippen LogP contribution in [0.25, 0.3) is 11.3 Å². The molecule has 40 heavy (non-hydrogen) atoms. The van der Waals surface area contributed by atoms with Gasteiger partial charge in [0, 0.05) is 17.7 Å². The molecule has 0 atom stereocenters. The molecule has 7 nitrogen and oxygen atoms in total. The lowest BCUT2D eigenvalue weighted by atomic mass is 9.97. The van der Waals surface area contributed by atoms with Crippen molar-refractivity contribution in [2.45, 2.75) is 43.5 Å². The Morgan fingerprint density at radius 1 is 0.750 bits per heavy atom. The Morgan fingerprint density at radius 2 is 1.15 bits per heavy atom. The minimum Gasteiger partial charge on any atom is -0.475 e. The first-order valence-corrected chi connectivity index (χ1v) is 10.5. The maximum absolute atomic E-state index is 13.0. The number of carboxylic acid groups (broad SMARTS) is 2. The molecule has 1 aromatic carbocycles. The molecule has 0 saturated carbocycles. The third-order valence-corrected chi connectivity index (χ3v) is 4.75.